The third kappa shape index (κ3) is 4.01. The van der Waals surface area contributed by atoms with Crippen LogP contribution in [-0.2, 0) is 4.79 Å². The van der Waals surface area contributed by atoms with Gasteiger partial charge in [-0.25, -0.2) is 0 Å². The van der Waals surface area contributed by atoms with Crippen LogP contribution >= 0.6 is 0 Å². The first-order valence-electron chi connectivity index (χ1n) is 5.85. The highest BCUT2D eigenvalue weighted by molar-refractivity contribution is 5.67. The Morgan fingerprint density at radius 1 is 1.39 bits per heavy atom. The number of aliphatic carboxylic acids is 1. The molecule has 3 N–H and O–H groups in total. The molecule has 0 aromatic heterocycles. The molecule has 1 aromatic rings. The van der Waals surface area contributed by atoms with Gasteiger partial charge in [0.2, 0.25) is 0 Å². The van der Waals surface area contributed by atoms with Gasteiger partial charge in [0.15, 0.2) is 0 Å². The summed E-state index contributed by atoms with van der Waals surface area (Å²) in [4.78, 5) is 10.7. The normalized spacial score (nSPS) is 13.9. The summed E-state index contributed by atoms with van der Waals surface area (Å²) in [5.41, 5.74) is 0.669. The molecule has 100 valence electrons. The topological polar surface area (TPSA) is 78.8 Å². The number of carboxylic acids is 1. The van der Waals surface area contributed by atoms with Crippen molar-refractivity contribution in [1.82, 2.24) is 5.32 Å². The molecule has 2 unspecified atom stereocenters. The molecule has 1 rings (SSSR count). The van der Waals surface area contributed by atoms with Gasteiger partial charge in [0.1, 0.15) is 5.75 Å². The summed E-state index contributed by atoms with van der Waals surface area (Å²) in [5.74, 6) is -0.238. The minimum atomic E-state index is -0.937. The minimum Gasteiger partial charge on any atom is -0.497 e. The van der Waals surface area contributed by atoms with Crippen molar-refractivity contribution in [2.24, 2.45) is 0 Å². The molecule has 0 radical (unpaired) electrons. The number of rotatable bonds is 7. The van der Waals surface area contributed by atoms with Gasteiger partial charge in [-0.1, -0.05) is 19.1 Å². The van der Waals surface area contributed by atoms with Gasteiger partial charge in [-0.05, 0) is 24.2 Å². The van der Waals surface area contributed by atoms with E-state index >= 15 is 0 Å². The Morgan fingerprint density at radius 3 is 2.44 bits per heavy atom. The van der Waals surface area contributed by atoms with Crippen molar-refractivity contribution in [2.45, 2.75) is 25.5 Å². The summed E-state index contributed by atoms with van der Waals surface area (Å²) >= 11 is 0. The summed E-state index contributed by atoms with van der Waals surface area (Å²) in [7, 11) is 1.57. The van der Waals surface area contributed by atoms with Gasteiger partial charge in [0, 0.05) is 6.04 Å². The summed E-state index contributed by atoms with van der Waals surface area (Å²) in [6.45, 7) is 2.47. The van der Waals surface area contributed by atoms with E-state index in [2.05, 4.69) is 5.32 Å². The number of aliphatic hydroxyl groups excluding tert-OH is 1. The number of carboxylic acid groups (broad SMARTS) is 1. The molecule has 0 saturated carbocycles. The van der Waals surface area contributed by atoms with E-state index in [9.17, 15) is 9.90 Å². The van der Waals surface area contributed by atoms with E-state index in [0.717, 1.165) is 0 Å². The Bertz CT molecular complexity index is 377. The van der Waals surface area contributed by atoms with Crippen LogP contribution in [0.5, 0.6) is 5.75 Å². The van der Waals surface area contributed by atoms with Gasteiger partial charge in [-0.3, -0.25) is 4.79 Å². The predicted octanol–water partition coefficient (Wildman–Crippen LogP) is 1.18. The first-order chi connectivity index (χ1) is 8.58. The fourth-order valence-corrected chi connectivity index (χ4v) is 1.78. The molecule has 0 amide bonds. The van der Waals surface area contributed by atoms with E-state index in [1.54, 1.807) is 31.4 Å². The Hall–Kier alpha value is -1.59. The summed E-state index contributed by atoms with van der Waals surface area (Å²) in [6, 6.07) is 6.44. The number of hydrogen-bond acceptors (Lipinski definition) is 4. The number of nitrogens with one attached hydrogen (secondary N) is 1. The van der Waals surface area contributed by atoms with Crippen molar-refractivity contribution in [3.05, 3.63) is 29.8 Å². The monoisotopic (exact) mass is 253 g/mol. The number of carbonyl (C=O) groups is 1. The number of hydrogen-bond donors (Lipinski definition) is 3. The van der Waals surface area contributed by atoms with E-state index in [1.165, 1.54) is 0 Å². The van der Waals surface area contributed by atoms with Crippen LogP contribution in [0, 0.1) is 0 Å². The highest BCUT2D eigenvalue weighted by Crippen LogP contribution is 2.21. The van der Waals surface area contributed by atoms with Crippen molar-refractivity contribution >= 4 is 5.97 Å². The standard InChI is InChI=1S/C13H19NO4/c1-3-14-11(8-12(15)16)13(17)9-4-6-10(18-2)7-5-9/h4-7,11,13-14,17H,3,8H2,1-2H3,(H,15,16). The second-order valence-corrected chi connectivity index (χ2v) is 3.98. The van der Waals surface area contributed by atoms with E-state index in [-0.39, 0.29) is 6.42 Å². The van der Waals surface area contributed by atoms with Gasteiger partial charge in [-0.2, -0.15) is 0 Å². The molecule has 0 bridgehead atoms. The van der Waals surface area contributed by atoms with Crippen LogP contribution in [0.4, 0.5) is 0 Å². The molecule has 18 heavy (non-hydrogen) atoms. The first kappa shape index (κ1) is 14.5. The maximum Gasteiger partial charge on any atom is 0.305 e. The Morgan fingerprint density at radius 2 is 2.00 bits per heavy atom. The van der Waals surface area contributed by atoms with E-state index < -0.39 is 18.1 Å². The lowest BCUT2D eigenvalue weighted by Gasteiger charge is -2.22. The lowest BCUT2D eigenvalue weighted by Crippen LogP contribution is -2.36. The van der Waals surface area contributed by atoms with Crippen molar-refractivity contribution in [3.8, 4) is 5.75 Å². The van der Waals surface area contributed by atoms with Crippen molar-refractivity contribution in [3.63, 3.8) is 0 Å². The van der Waals surface area contributed by atoms with Crippen LogP contribution in [0.1, 0.15) is 25.0 Å². The minimum absolute atomic E-state index is 0.124. The van der Waals surface area contributed by atoms with E-state index in [4.69, 9.17) is 9.84 Å². The highest BCUT2D eigenvalue weighted by atomic mass is 16.5. The van der Waals surface area contributed by atoms with Gasteiger partial charge >= 0.3 is 5.97 Å². The first-order valence-corrected chi connectivity index (χ1v) is 5.85. The Balaban J connectivity index is 2.79. The zero-order chi connectivity index (χ0) is 13.5. The molecular formula is C13H19NO4. The molecule has 0 aliphatic rings. The van der Waals surface area contributed by atoms with Crippen LogP contribution in [0.25, 0.3) is 0 Å². The maximum atomic E-state index is 10.7. The van der Waals surface area contributed by atoms with E-state index in [1.807, 2.05) is 6.92 Å². The van der Waals surface area contributed by atoms with E-state index in [0.29, 0.717) is 17.9 Å². The summed E-state index contributed by atoms with van der Waals surface area (Å²) in [5, 5.41) is 22.0. The SMILES string of the molecule is CCNC(CC(=O)O)C(O)c1ccc(OC)cc1. The number of benzene rings is 1. The zero-order valence-corrected chi connectivity index (χ0v) is 10.6. The molecular weight excluding hydrogens is 234 g/mol. The molecule has 0 aliphatic carbocycles. The van der Waals surface area contributed by atoms with Gasteiger partial charge < -0.3 is 20.3 Å². The number of likely N-dealkylation sites (N-methyl/N-ethyl adjacent to an activating group) is 1. The number of ether oxygens (including phenoxy) is 1. The number of methoxy groups -OCH3 is 1. The third-order valence-corrected chi connectivity index (χ3v) is 2.70. The largest absolute Gasteiger partial charge is 0.497 e. The summed E-state index contributed by atoms with van der Waals surface area (Å²) in [6.07, 6.45) is -0.979. The van der Waals surface area contributed by atoms with Crippen molar-refractivity contribution in [2.75, 3.05) is 13.7 Å². The summed E-state index contributed by atoms with van der Waals surface area (Å²) < 4.78 is 5.03. The maximum absolute atomic E-state index is 10.7. The average Bonchev–Trinajstić information content (AvgIpc) is 2.37. The molecule has 5 heteroatoms. The van der Waals surface area contributed by atoms with Crippen LogP contribution in [0.15, 0.2) is 24.3 Å². The molecule has 5 nitrogen and oxygen atoms in total. The lowest BCUT2D eigenvalue weighted by molar-refractivity contribution is -0.138. The molecule has 0 fully saturated rings. The van der Waals surface area contributed by atoms with Gasteiger partial charge in [0.05, 0.1) is 19.6 Å². The second-order valence-electron chi connectivity index (χ2n) is 3.98. The number of aliphatic hydroxyl groups is 1. The van der Waals surface area contributed by atoms with Gasteiger partial charge in [0.25, 0.3) is 0 Å². The Labute approximate surface area is 106 Å². The van der Waals surface area contributed by atoms with Crippen LogP contribution in [-0.4, -0.2) is 35.9 Å². The smallest absolute Gasteiger partial charge is 0.305 e. The zero-order valence-electron chi connectivity index (χ0n) is 10.6. The molecule has 0 saturated heterocycles. The third-order valence-electron chi connectivity index (χ3n) is 2.70. The fourth-order valence-electron chi connectivity index (χ4n) is 1.78. The predicted molar refractivity (Wildman–Crippen MR) is 67.7 cm³/mol. The molecule has 0 heterocycles. The van der Waals surface area contributed by atoms with Gasteiger partial charge in [-0.15, -0.1) is 0 Å². The molecule has 1 aromatic carbocycles. The fraction of sp³-hybridized carbons (Fsp3) is 0.462. The quantitative estimate of drug-likeness (QED) is 0.680. The highest BCUT2D eigenvalue weighted by Gasteiger charge is 2.22. The van der Waals surface area contributed by atoms with Crippen molar-refractivity contribution in [1.29, 1.82) is 0 Å². The van der Waals surface area contributed by atoms with Crippen LogP contribution in [0.3, 0.4) is 0 Å². The second kappa shape index (κ2) is 6.98. The average molecular weight is 253 g/mol. The lowest BCUT2D eigenvalue weighted by atomic mass is 9.99. The molecule has 0 aliphatic heterocycles. The molecule has 0 spiro atoms. The van der Waals surface area contributed by atoms with Crippen LogP contribution < -0.4 is 10.1 Å². The molecule has 2 atom stereocenters. The van der Waals surface area contributed by atoms with Crippen LogP contribution in [0.2, 0.25) is 0 Å². The Kier molecular flexibility index (Phi) is 5.61. The van der Waals surface area contributed by atoms with Crippen molar-refractivity contribution < 1.29 is 19.7 Å².